The molecule has 2 amide bonds. The summed E-state index contributed by atoms with van der Waals surface area (Å²) >= 11 is 1.69. The highest BCUT2D eigenvalue weighted by Gasteiger charge is 2.29. The van der Waals surface area contributed by atoms with Crippen molar-refractivity contribution in [3.05, 3.63) is 22.4 Å². The van der Waals surface area contributed by atoms with Gasteiger partial charge in [0, 0.05) is 19.0 Å². The standard InChI is InChI=1S/C16H26N2O3S/c1-18(10-13(19)11-21-2)16(20)17-15(12-6-3-4-7-12)14-8-5-9-22-14/h5,8-9,12-13,15,19H,3-4,6-7,10-11H2,1-2H3,(H,17,20)/t13-,15-/m1/s1. The summed E-state index contributed by atoms with van der Waals surface area (Å²) < 4.78 is 4.90. The first-order chi connectivity index (χ1) is 10.6. The number of rotatable bonds is 7. The molecule has 0 unspecified atom stereocenters. The molecule has 6 heteroatoms. The number of carbonyl (C=O) groups is 1. The van der Waals surface area contributed by atoms with Gasteiger partial charge in [-0.3, -0.25) is 0 Å². The Morgan fingerprint density at radius 3 is 2.86 bits per heavy atom. The van der Waals surface area contributed by atoms with Crippen molar-refractivity contribution in [1.82, 2.24) is 10.2 Å². The van der Waals surface area contributed by atoms with Gasteiger partial charge in [0.05, 0.1) is 25.3 Å². The van der Waals surface area contributed by atoms with E-state index >= 15 is 0 Å². The third-order valence-electron chi connectivity index (χ3n) is 4.19. The summed E-state index contributed by atoms with van der Waals surface area (Å²) in [7, 11) is 3.24. The summed E-state index contributed by atoms with van der Waals surface area (Å²) in [6, 6.07) is 4.06. The van der Waals surface area contributed by atoms with Crippen LogP contribution in [0.1, 0.15) is 36.6 Å². The normalized spacial score (nSPS) is 18.1. The molecule has 1 saturated carbocycles. The molecule has 0 aromatic carbocycles. The predicted molar refractivity (Wildman–Crippen MR) is 88.1 cm³/mol. The van der Waals surface area contributed by atoms with E-state index < -0.39 is 6.10 Å². The van der Waals surface area contributed by atoms with Gasteiger partial charge in [-0.25, -0.2) is 4.79 Å². The van der Waals surface area contributed by atoms with E-state index in [2.05, 4.69) is 16.8 Å². The number of urea groups is 1. The summed E-state index contributed by atoms with van der Waals surface area (Å²) in [5.41, 5.74) is 0. The van der Waals surface area contributed by atoms with E-state index in [9.17, 15) is 9.90 Å². The smallest absolute Gasteiger partial charge is 0.317 e. The Morgan fingerprint density at radius 2 is 2.27 bits per heavy atom. The second-order valence-electron chi connectivity index (χ2n) is 5.98. The maximum absolute atomic E-state index is 12.4. The molecule has 22 heavy (non-hydrogen) atoms. The van der Waals surface area contributed by atoms with Gasteiger partial charge in [0.1, 0.15) is 0 Å². The monoisotopic (exact) mass is 326 g/mol. The Kier molecular flexibility index (Phi) is 6.67. The number of carbonyl (C=O) groups excluding carboxylic acids is 1. The summed E-state index contributed by atoms with van der Waals surface area (Å²) in [6.07, 6.45) is 4.15. The first-order valence-electron chi connectivity index (χ1n) is 7.84. The number of hydrogen-bond acceptors (Lipinski definition) is 4. The number of amides is 2. The van der Waals surface area contributed by atoms with Crippen molar-refractivity contribution in [2.24, 2.45) is 5.92 Å². The highest BCUT2D eigenvalue weighted by atomic mass is 32.1. The van der Waals surface area contributed by atoms with Gasteiger partial charge in [-0.15, -0.1) is 11.3 Å². The van der Waals surface area contributed by atoms with E-state index in [4.69, 9.17) is 4.74 Å². The van der Waals surface area contributed by atoms with Gasteiger partial charge in [0.25, 0.3) is 0 Å². The van der Waals surface area contributed by atoms with Crippen molar-refractivity contribution in [3.8, 4) is 0 Å². The Morgan fingerprint density at radius 1 is 1.55 bits per heavy atom. The van der Waals surface area contributed by atoms with E-state index in [-0.39, 0.29) is 25.2 Å². The molecular formula is C16H26N2O3S. The second kappa shape index (κ2) is 8.50. The lowest BCUT2D eigenvalue weighted by Gasteiger charge is -2.28. The van der Waals surface area contributed by atoms with Gasteiger partial charge in [-0.05, 0) is 30.2 Å². The van der Waals surface area contributed by atoms with Crippen molar-refractivity contribution in [3.63, 3.8) is 0 Å². The van der Waals surface area contributed by atoms with Crippen LogP contribution in [0.4, 0.5) is 4.79 Å². The first kappa shape index (κ1) is 17.2. The molecule has 0 spiro atoms. The average molecular weight is 326 g/mol. The molecule has 0 saturated heterocycles. The highest BCUT2D eigenvalue weighted by molar-refractivity contribution is 7.10. The number of nitrogens with one attached hydrogen (secondary N) is 1. The molecule has 2 N–H and O–H groups in total. The molecule has 1 heterocycles. The minimum atomic E-state index is -0.660. The van der Waals surface area contributed by atoms with Crippen molar-refractivity contribution in [1.29, 1.82) is 0 Å². The Balaban J connectivity index is 1.96. The molecule has 0 radical (unpaired) electrons. The molecule has 1 aliphatic carbocycles. The number of methoxy groups -OCH3 is 1. The fourth-order valence-electron chi connectivity index (χ4n) is 3.07. The number of aliphatic hydroxyl groups excluding tert-OH is 1. The van der Waals surface area contributed by atoms with E-state index in [0.717, 1.165) is 0 Å². The number of hydrogen-bond donors (Lipinski definition) is 2. The molecule has 0 bridgehead atoms. The van der Waals surface area contributed by atoms with Crippen LogP contribution in [0, 0.1) is 5.92 Å². The maximum atomic E-state index is 12.4. The summed E-state index contributed by atoms with van der Waals surface area (Å²) in [5.74, 6) is 0.514. The molecule has 1 fully saturated rings. The summed E-state index contributed by atoms with van der Waals surface area (Å²) in [5, 5.41) is 15.0. The number of thiophene rings is 1. The fraction of sp³-hybridized carbons (Fsp3) is 0.688. The van der Waals surface area contributed by atoms with E-state index in [1.807, 2.05) is 6.07 Å². The zero-order valence-corrected chi connectivity index (χ0v) is 14.1. The van der Waals surface area contributed by atoms with Crippen LogP contribution in [-0.2, 0) is 4.74 Å². The first-order valence-corrected chi connectivity index (χ1v) is 8.71. The van der Waals surface area contributed by atoms with Gasteiger partial charge in [0.15, 0.2) is 0 Å². The van der Waals surface area contributed by atoms with Gasteiger partial charge in [-0.2, -0.15) is 0 Å². The Labute approximate surface area is 136 Å². The van der Waals surface area contributed by atoms with Crippen LogP contribution in [-0.4, -0.2) is 49.5 Å². The Bertz CT molecular complexity index is 446. The molecule has 124 valence electrons. The topological polar surface area (TPSA) is 61.8 Å². The minimum Gasteiger partial charge on any atom is -0.389 e. The largest absolute Gasteiger partial charge is 0.389 e. The minimum absolute atomic E-state index is 0.0806. The highest BCUT2D eigenvalue weighted by Crippen LogP contribution is 2.37. The third-order valence-corrected chi connectivity index (χ3v) is 5.15. The van der Waals surface area contributed by atoms with Gasteiger partial charge in [-0.1, -0.05) is 18.9 Å². The second-order valence-corrected chi connectivity index (χ2v) is 6.96. The molecule has 2 atom stereocenters. The lowest BCUT2D eigenvalue weighted by atomic mass is 9.97. The maximum Gasteiger partial charge on any atom is 0.317 e. The van der Waals surface area contributed by atoms with Crippen LogP contribution >= 0.6 is 11.3 Å². The molecule has 1 aromatic rings. The van der Waals surface area contributed by atoms with E-state index in [0.29, 0.717) is 5.92 Å². The van der Waals surface area contributed by atoms with Crippen molar-refractivity contribution in [2.45, 2.75) is 37.8 Å². The van der Waals surface area contributed by atoms with Crippen LogP contribution in [0.5, 0.6) is 0 Å². The van der Waals surface area contributed by atoms with Crippen molar-refractivity contribution < 1.29 is 14.6 Å². The molecule has 2 rings (SSSR count). The van der Waals surface area contributed by atoms with Crippen LogP contribution < -0.4 is 5.32 Å². The predicted octanol–water partition coefficient (Wildman–Crippen LogP) is 2.63. The molecule has 1 aromatic heterocycles. The lowest BCUT2D eigenvalue weighted by molar-refractivity contribution is 0.0485. The van der Waals surface area contributed by atoms with Crippen molar-refractivity contribution in [2.75, 3.05) is 27.3 Å². The number of likely N-dealkylation sites (N-methyl/N-ethyl adjacent to an activating group) is 1. The molecule has 5 nitrogen and oxygen atoms in total. The Hall–Kier alpha value is -1.11. The average Bonchev–Trinajstić information content (AvgIpc) is 3.18. The number of aliphatic hydroxyl groups is 1. The quantitative estimate of drug-likeness (QED) is 0.810. The SMILES string of the molecule is COC[C@H](O)CN(C)C(=O)N[C@@H](c1cccs1)C1CCCC1. The summed E-state index contributed by atoms with van der Waals surface area (Å²) in [4.78, 5) is 15.2. The van der Waals surface area contributed by atoms with Gasteiger partial charge < -0.3 is 20.1 Å². The zero-order chi connectivity index (χ0) is 15.9. The molecule has 1 aliphatic rings. The number of nitrogens with zero attached hydrogens (tertiary/aromatic N) is 1. The van der Waals surface area contributed by atoms with Crippen LogP contribution in [0.15, 0.2) is 17.5 Å². The molecular weight excluding hydrogens is 300 g/mol. The van der Waals surface area contributed by atoms with Crippen LogP contribution in [0.25, 0.3) is 0 Å². The van der Waals surface area contributed by atoms with E-state index in [1.165, 1.54) is 42.6 Å². The van der Waals surface area contributed by atoms with Crippen LogP contribution in [0.2, 0.25) is 0 Å². The lowest BCUT2D eigenvalue weighted by Crippen LogP contribution is -2.44. The zero-order valence-electron chi connectivity index (χ0n) is 13.3. The molecule has 0 aliphatic heterocycles. The van der Waals surface area contributed by atoms with Gasteiger partial charge in [0.2, 0.25) is 0 Å². The van der Waals surface area contributed by atoms with Gasteiger partial charge >= 0.3 is 6.03 Å². The fourth-order valence-corrected chi connectivity index (χ4v) is 3.94. The van der Waals surface area contributed by atoms with E-state index in [1.54, 1.807) is 18.4 Å². The van der Waals surface area contributed by atoms with Crippen LogP contribution in [0.3, 0.4) is 0 Å². The van der Waals surface area contributed by atoms with Crippen molar-refractivity contribution >= 4 is 17.4 Å². The number of ether oxygens (including phenoxy) is 1. The third kappa shape index (κ3) is 4.69. The summed E-state index contributed by atoms with van der Waals surface area (Å²) in [6.45, 7) is 0.496.